The number of hydrogen-bond acceptors (Lipinski definition) is 5. The fraction of sp³-hybridized carbons (Fsp3) is 0.227. The van der Waals surface area contributed by atoms with Crippen molar-refractivity contribution in [2.24, 2.45) is 0 Å². The first kappa shape index (κ1) is 22.7. The van der Waals surface area contributed by atoms with E-state index in [0.717, 1.165) is 0 Å². The van der Waals surface area contributed by atoms with Gasteiger partial charge < -0.3 is 14.1 Å². The van der Waals surface area contributed by atoms with Crippen LogP contribution < -0.4 is 4.74 Å². The van der Waals surface area contributed by atoms with E-state index < -0.39 is 10.0 Å². The molecule has 10 heteroatoms. The third kappa shape index (κ3) is 4.63. The highest BCUT2D eigenvalue weighted by Crippen LogP contribution is 2.31. The molecular weight excluding hydrogens is 475 g/mol. The number of piperazine rings is 1. The Morgan fingerprint density at radius 3 is 2.41 bits per heavy atom. The van der Waals surface area contributed by atoms with E-state index in [9.17, 15) is 13.2 Å². The summed E-state index contributed by atoms with van der Waals surface area (Å²) in [5, 5.41) is 0.163. The quantitative estimate of drug-likeness (QED) is 0.509. The summed E-state index contributed by atoms with van der Waals surface area (Å²) in [5.41, 5.74) is 0.625. The highest BCUT2D eigenvalue weighted by Gasteiger charge is 2.33. The van der Waals surface area contributed by atoms with E-state index in [1.54, 1.807) is 11.0 Å². The maximum atomic E-state index is 13.0. The number of carbonyl (C=O) groups excluding carboxylic acids is 1. The van der Waals surface area contributed by atoms with Crippen molar-refractivity contribution in [3.63, 3.8) is 0 Å². The molecule has 0 bridgehead atoms. The Balaban J connectivity index is 1.41. The van der Waals surface area contributed by atoms with Crippen LogP contribution in [0.25, 0.3) is 0 Å². The molecule has 0 unspecified atom stereocenters. The fourth-order valence-electron chi connectivity index (χ4n) is 3.41. The van der Waals surface area contributed by atoms with Gasteiger partial charge in [0.05, 0.1) is 16.3 Å². The predicted octanol–water partition coefficient (Wildman–Crippen LogP) is 4.31. The van der Waals surface area contributed by atoms with E-state index in [1.807, 2.05) is 30.3 Å². The van der Waals surface area contributed by atoms with Crippen LogP contribution in [0.4, 0.5) is 0 Å². The minimum absolute atomic E-state index is 0.00804. The Kier molecular flexibility index (Phi) is 6.76. The summed E-state index contributed by atoms with van der Waals surface area (Å²) in [6, 6.07) is 15.4. The third-order valence-corrected chi connectivity index (χ3v) is 8.01. The van der Waals surface area contributed by atoms with Crippen LogP contribution in [0.15, 0.2) is 70.2 Å². The molecule has 0 aliphatic carbocycles. The Morgan fingerprint density at radius 1 is 0.969 bits per heavy atom. The number of furan rings is 1. The van der Waals surface area contributed by atoms with Crippen LogP contribution in [0, 0.1) is 0 Å². The molecule has 2 heterocycles. The molecule has 168 valence electrons. The van der Waals surface area contributed by atoms with Crippen molar-refractivity contribution in [2.75, 3.05) is 26.2 Å². The van der Waals surface area contributed by atoms with Crippen LogP contribution >= 0.6 is 23.2 Å². The summed E-state index contributed by atoms with van der Waals surface area (Å²) < 4.78 is 38.4. The monoisotopic (exact) mass is 494 g/mol. The number of nitrogens with zero attached hydrogens (tertiary/aromatic N) is 2. The van der Waals surface area contributed by atoms with E-state index in [2.05, 4.69) is 0 Å². The molecule has 32 heavy (non-hydrogen) atoms. The number of para-hydroxylation sites is 1. The average molecular weight is 495 g/mol. The van der Waals surface area contributed by atoms with Crippen LogP contribution in [0.2, 0.25) is 10.0 Å². The Hall–Kier alpha value is -2.52. The number of hydrogen-bond donors (Lipinski definition) is 0. The maximum absolute atomic E-state index is 13.0. The van der Waals surface area contributed by atoms with E-state index in [4.69, 9.17) is 32.4 Å². The highest BCUT2D eigenvalue weighted by molar-refractivity contribution is 7.89. The van der Waals surface area contributed by atoms with Crippen LogP contribution in [0.3, 0.4) is 0 Å². The van der Waals surface area contributed by atoms with Crippen molar-refractivity contribution in [3.05, 3.63) is 82.2 Å². The lowest BCUT2D eigenvalue weighted by Gasteiger charge is -2.33. The van der Waals surface area contributed by atoms with Crippen LogP contribution in [0.5, 0.6) is 5.75 Å². The number of carbonyl (C=O) groups is 1. The molecule has 1 aromatic heterocycles. The van der Waals surface area contributed by atoms with Crippen LogP contribution in [-0.2, 0) is 16.6 Å². The fourth-order valence-corrected chi connectivity index (χ4v) is 5.57. The number of benzene rings is 2. The zero-order valence-electron chi connectivity index (χ0n) is 16.9. The van der Waals surface area contributed by atoms with Gasteiger partial charge in [-0.15, -0.1) is 0 Å². The first-order valence-corrected chi connectivity index (χ1v) is 12.0. The minimum atomic E-state index is -3.83. The summed E-state index contributed by atoms with van der Waals surface area (Å²) in [5.74, 6) is 0.570. The molecule has 2 aromatic carbocycles. The second kappa shape index (κ2) is 9.54. The minimum Gasteiger partial charge on any atom is -0.489 e. The number of sulfonamides is 1. The lowest BCUT2D eigenvalue weighted by atomic mass is 10.2. The van der Waals surface area contributed by atoms with Crippen molar-refractivity contribution in [1.29, 1.82) is 0 Å². The first-order chi connectivity index (χ1) is 15.4. The molecule has 1 aliphatic rings. The standard InChI is InChI=1S/C22H20Cl2N2O5S/c23-18-7-4-8-19(20(18)24)32(28,29)26-12-10-25(11-13-26)22(27)21-16(9-14-30-21)15-31-17-5-2-1-3-6-17/h1-9,14H,10-13,15H2. The third-order valence-electron chi connectivity index (χ3n) is 5.14. The van der Waals surface area contributed by atoms with Crippen LogP contribution in [0.1, 0.15) is 16.1 Å². The van der Waals surface area contributed by atoms with Crippen molar-refractivity contribution < 1.29 is 22.4 Å². The zero-order valence-corrected chi connectivity index (χ0v) is 19.2. The molecule has 4 rings (SSSR count). The molecule has 0 spiro atoms. The van der Waals surface area contributed by atoms with Gasteiger partial charge in [0.15, 0.2) is 5.76 Å². The second-order valence-electron chi connectivity index (χ2n) is 7.12. The average Bonchev–Trinajstić information content (AvgIpc) is 3.28. The van der Waals surface area contributed by atoms with Gasteiger partial charge >= 0.3 is 0 Å². The predicted molar refractivity (Wildman–Crippen MR) is 121 cm³/mol. The largest absolute Gasteiger partial charge is 0.489 e. The lowest BCUT2D eigenvalue weighted by molar-refractivity contribution is 0.0662. The van der Waals surface area contributed by atoms with Gasteiger partial charge in [-0.1, -0.05) is 47.5 Å². The number of rotatable bonds is 6. The molecule has 1 aliphatic heterocycles. The van der Waals surface area contributed by atoms with Gasteiger partial charge in [0.2, 0.25) is 10.0 Å². The summed E-state index contributed by atoms with van der Waals surface area (Å²) in [6.45, 7) is 0.885. The number of amides is 1. The Labute approximate surface area is 196 Å². The summed E-state index contributed by atoms with van der Waals surface area (Å²) in [7, 11) is -3.83. The molecule has 1 fully saturated rings. The van der Waals surface area contributed by atoms with Gasteiger partial charge in [-0.3, -0.25) is 4.79 Å². The van der Waals surface area contributed by atoms with Gasteiger partial charge in [0.1, 0.15) is 17.3 Å². The summed E-state index contributed by atoms with van der Waals surface area (Å²) in [4.78, 5) is 14.5. The van der Waals surface area contributed by atoms with E-state index in [1.165, 1.54) is 28.8 Å². The second-order valence-corrected chi connectivity index (χ2v) is 9.82. The van der Waals surface area contributed by atoms with Gasteiger partial charge in [-0.25, -0.2) is 8.42 Å². The van der Waals surface area contributed by atoms with Gasteiger partial charge in [-0.05, 0) is 30.3 Å². The SMILES string of the molecule is O=C(c1occc1COc1ccccc1)N1CCN(S(=O)(=O)c2cccc(Cl)c2Cl)CC1. The zero-order chi connectivity index (χ0) is 22.7. The normalized spacial score (nSPS) is 15.0. The number of halogens is 2. The molecule has 0 N–H and O–H groups in total. The molecule has 0 saturated carbocycles. The summed E-state index contributed by atoms with van der Waals surface area (Å²) in [6.07, 6.45) is 1.44. The van der Waals surface area contributed by atoms with E-state index >= 15 is 0 Å². The topological polar surface area (TPSA) is 80.1 Å². The van der Waals surface area contributed by atoms with Crippen molar-refractivity contribution in [2.45, 2.75) is 11.5 Å². The molecular formula is C22H20Cl2N2O5S. The van der Waals surface area contributed by atoms with Gasteiger partial charge in [0, 0.05) is 31.7 Å². The first-order valence-electron chi connectivity index (χ1n) is 9.85. The number of ether oxygens (including phenoxy) is 1. The van der Waals surface area contributed by atoms with Gasteiger partial charge in [-0.2, -0.15) is 4.31 Å². The van der Waals surface area contributed by atoms with Gasteiger partial charge in [0.25, 0.3) is 5.91 Å². The van der Waals surface area contributed by atoms with Crippen LogP contribution in [-0.4, -0.2) is 49.7 Å². The molecule has 1 amide bonds. The van der Waals surface area contributed by atoms with E-state index in [0.29, 0.717) is 11.3 Å². The maximum Gasteiger partial charge on any atom is 0.290 e. The lowest BCUT2D eigenvalue weighted by Crippen LogP contribution is -2.50. The molecule has 0 radical (unpaired) electrons. The molecule has 7 nitrogen and oxygen atoms in total. The molecule has 1 saturated heterocycles. The van der Waals surface area contributed by atoms with Crippen molar-refractivity contribution >= 4 is 39.1 Å². The molecule has 3 aromatic rings. The van der Waals surface area contributed by atoms with Crippen molar-refractivity contribution in [3.8, 4) is 5.75 Å². The molecule has 0 atom stereocenters. The highest BCUT2D eigenvalue weighted by atomic mass is 35.5. The Morgan fingerprint density at radius 2 is 1.69 bits per heavy atom. The smallest absolute Gasteiger partial charge is 0.290 e. The Bertz CT molecular complexity index is 1210. The van der Waals surface area contributed by atoms with Crippen molar-refractivity contribution in [1.82, 2.24) is 9.21 Å². The van der Waals surface area contributed by atoms with E-state index in [-0.39, 0.29) is 59.4 Å². The summed E-state index contributed by atoms with van der Waals surface area (Å²) >= 11 is 12.1.